The zero-order valence-electron chi connectivity index (χ0n) is 10.1. The number of rotatable bonds is 0. The van der Waals surface area contributed by atoms with Crippen LogP contribution in [0, 0.1) is 0 Å². The smallest absolute Gasteiger partial charge is 0.410 e. The fourth-order valence-electron chi connectivity index (χ4n) is 1.88. The van der Waals surface area contributed by atoms with Crippen molar-refractivity contribution >= 4 is 6.09 Å². The van der Waals surface area contributed by atoms with Crippen LogP contribution in [0.15, 0.2) is 11.3 Å². The van der Waals surface area contributed by atoms with Crippen LogP contribution >= 0.6 is 0 Å². The third kappa shape index (κ3) is 2.47. The van der Waals surface area contributed by atoms with Crippen molar-refractivity contribution in [3.8, 4) is 0 Å². The number of carbonyl (C=O) groups excluding carboxylic acids is 1. The normalized spacial score (nSPS) is 20.6. The van der Waals surface area contributed by atoms with Crippen LogP contribution < -0.4 is 10.9 Å². The van der Waals surface area contributed by atoms with E-state index in [2.05, 4.69) is 10.9 Å². The fourth-order valence-corrected chi connectivity index (χ4v) is 1.88. The van der Waals surface area contributed by atoms with Gasteiger partial charge in [-0.05, 0) is 26.3 Å². The van der Waals surface area contributed by atoms with E-state index in [0.717, 1.165) is 19.5 Å². The van der Waals surface area contributed by atoms with Crippen molar-refractivity contribution in [2.75, 3.05) is 19.6 Å². The number of nitrogens with one attached hydrogen (secondary N) is 2. The van der Waals surface area contributed by atoms with E-state index in [-0.39, 0.29) is 6.09 Å². The predicted octanol–water partition coefficient (Wildman–Crippen LogP) is 0.989. The summed E-state index contributed by atoms with van der Waals surface area (Å²) < 4.78 is 5.35. The molecule has 0 fully saturated rings. The van der Waals surface area contributed by atoms with E-state index in [9.17, 15) is 4.79 Å². The molecule has 2 rings (SSSR count). The van der Waals surface area contributed by atoms with E-state index in [1.54, 1.807) is 4.90 Å². The van der Waals surface area contributed by atoms with Gasteiger partial charge in [-0.3, -0.25) is 0 Å². The molecule has 0 spiro atoms. The summed E-state index contributed by atoms with van der Waals surface area (Å²) in [4.78, 5) is 13.6. The Labute approximate surface area is 95.8 Å². The molecular weight excluding hydrogens is 206 g/mol. The summed E-state index contributed by atoms with van der Waals surface area (Å²) in [6.07, 6.45) is 0.660. The SMILES string of the molecule is CC(C)(C)OC(=O)N1CCC2=C(CNN2)C1. The van der Waals surface area contributed by atoms with Crippen LogP contribution in [0.2, 0.25) is 0 Å². The highest BCUT2D eigenvalue weighted by Crippen LogP contribution is 2.20. The number of hydrogen-bond donors (Lipinski definition) is 2. The van der Waals surface area contributed by atoms with E-state index >= 15 is 0 Å². The highest BCUT2D eigenvalue weighted by Gasteiger charge is 2.28. The van der Waals surface area contributed by atoms with Crippen molar-refractivity contribution in [2.45, 2.75) is 32.8 Å². The lowest BCUT2D eigenvalue weighted by Gasteiger charge is -2.30. The summed E-state index contributed by atoms with van der Waals surface area (Å²) in [6, 6.07) is 0. The maximum atomic E-state index is 11.8. The predicted molar refractivity (Wildman–Crippen MR) is 60.6 cm³/mol. The molecule has 5 heteroatoms. The molecule has 90 valence electrons. The number of carbonyl (C=O) groups is 1. The molecule has 0 unspecified atom stereocenters. The molecule has 5 nitrogen and oxygen atoms in total. The lowest BCUT2D eigenvalue weighted by atomic mass is 10.1. The van der Waals surface area contributed by atoms with Gasteiger partial charge in [-0.2, -0.15) is 0 Å². The van der Waals surface area contributed by atoms with E-state index in [4.69, 9.17) is 4.74 Å². The second-order valence-electron chi connectivity index (χ2n) is 5.21. The van der Waals surface area contributed by atoms with E-state index in [1.807, 2.05) is 20.8 Å². The molecule has 0 aromatic heterocycles. The first kappa shape index (κ1) is 11.3. The largest absolute Gasteiger partial charge is 0.444 e. The van der Waals surface area contributed by atoms with Crippen molar-refractivity contribution in [3.05, 3.63) is 11.3 Å². The average Bonchev–Trinajstić information content (AvgIpc) is 2.61. The molecular formula is C11H19N3O2. The summed E-state index contributed by atoms with van der Waals surface area (Å²) >= 11 is 0. The van der Waals surface area contributed by atoms with Crippen LogP contribution in [0.1, 0.15) is 27.2 Å². The maximum Gasteiger partial charge on any atom is 0.410 e. The van der Waals surface area contributed by atoms with E-state index in [1.165, 1.54) is 11.3 Å². The van der Waals surface area contributed by atoms with Gasteiger partial charge in [0.05, 0.1) is 0 Å². The molecule has 16 heavy (non-hydrogen) atoms. The third-order valence-corrected chi connectivity index (χ3v) is 2.63. The molecule has 0 saturated heterocycles. The zero-order valence-corrected chi connectivity index (χ0v) is 10.1. The van der Waals surface area contributed by atoms with Gasteiger partial charge in [0.1, 0.15) is 5.60 Å². The molecule has 1 amide bonds. The van der Waals surface area contributed by atoms with Crippen LogP contribution in [-0.4, -0.2) is 36.2 Å². The molecule has 0 saturated carbocycles. The zero-order chi connectivity index (χ0) is 11.8. The molecule has 2 aliphatic heterocycles. The molecule has 0 radical (unpaired) electrons. The number of nitrogens with zero attached hydrogens (tertiary/aromatic N) is 1. The van der Waals surface area contributed by atoms with Gasteiger partial charge in [0, 0.05) is 31.8 Å². The molecule has 0 aromatic carbocycles. The van der Waals surface area contributed by atoms with Crippen LogP contribution in [0.5, 0.6) is 0 Å². The van der Waals surface area contributed by atoms with Gasteiger partial charge in [-0.25, -0.2) is 10.2 Å². The van der Waals surface area contributed by atoms with Crippen molar-refractivity contribution in [1.29, 1.82) is 0 Å². The van der Waals surface area contributed by atoms with Gasteiger partial charge < -0.3 is 15.1 Å². The third-order valence-electron chi connectivity index (χ3n) is 2.63. The Hall–Kier alpha value is -1.23. The van der Waals surface area contributed by atoms with E-state index in [0.29, 0.717) is 6.54 Å². The van der Waals surface area contributed by atoms with Gasteiger partial charge in [-0.1, -0.05) is 0 Å². The number of ether oxygens (including phenoxy) is 1. The minimum Gasteiger partial charge on any atom is -0.444 e. The van der Waals surface area contributed by atoms with Crippen molar-refractivity contribution in [2.24, 2.45) is 0 Å². The van der Waals surface area contributed by atoms with Crippen molar-refractivity contribution in [1.82, 2.24) is 15.8 Å². The Morgan fingerprint density at radius 2 is 2.19 bits per heavy atom. The van der Waals surface area contributed by atoms with Crippen molar-refractivity contribution in [3.63, 3.8) is 0 Å². The summed E-state index contributed by atoms with van der Waals surface area (Å²) in [5, 5.41) is 0. The summed E-state index contributed by atoms with van der Waals surface area (Å²) in [5.41, 5.74) is 8.26. The topological polar surface area (TPSA) is 53.6 Å². The number of hydrogen-bond acceptors (Lipinski definition) is 4. The molecule has 2 heterocycles. The van der Waals surface area contributed by atoms with E-state index < -0.39 is 5.60 Å². The Kier molecular flexibility index (Phi) is 2.80. The van der Waals surface area contributed by atoms with Crippen molar-refractivity contribution < 1.29 is 9.53 Å². The lowest BCUT2D eigenvalue weighted by Crippen LogP contribution is -2.41. The fraction of sp³-hybridized carbons (Fsp3) is 0.727. The first-order valence-corrected chi connectivity index (χ1v) is 5.63. The molecule has 0 aromatic rings. The monoisotopic (exact) mass is 225 g/mol. The summed E-state index contributed by atoms with van der Waals surface area (Å²) in [5.74, 6) is 0. The van der Waals surface area contributed by atoms with Crippen LogP contribution in [0.3, 0.4) is 0 Å². The Bertz CT molecular complexity index is 331. The second-order valence-corrected chi connectivity index (χ2v) is 5.21. The first-order valence-electron chi connectivity index (χ1n) is 5.63. The Morgan fingerprint density at radius 3 is 2.88 bits per heavy atom. The minimum atomic E-state index is -0.419. The van der Waals surface area contributed by atoms with Gasteiger partial charge in [0.25, 0.3) is 0 Å². The standard InChI is InChI=1S/C11H19N3O2/c1-11(2,3)16-10(15)14-5-4-9-8(7-14)6-12-13-9/h12-13H,4-7H2,1-3H3. The second kappa shape index (κ2) is 3.97. The van der Waals surface area contributed by atoms with Gasteiger partial charge >= 0.3 is 6.09 Å². The Morgan fingerprint density at radius 1 is 1.44 bits per heavy atom. The number of amides is 1. The molecule has 0 bridgehead atoms. The first-order chi connectivity index (χ1) is 7.46. The quantitative estimate of drug-likeness (QED) is 0.645. The molecule has 2 aliphatic rings. The lowest BCUT2D eigenvalue weighted by molar-refractivity contribution is 0.0260. The van der Waals surface area contributed by atoms with Crippen LogP contribution in [0.4, 0.5) is 4.79 Å². The molecule has 0 atom stereocenters. The van der Waals surface area contributed by atoms with Gasteiger partial charge in [0.2, 0.25) is 0 Å². The summed E-state index contributed by atoms with van der Waals surface area (Å²) in [7, 11) is 0. The van der Waals surface area contributed by atoms with Gasteiger partial charge in [-0.15, -0.1) is 0 Å². The maximum absolute atomic E-state index is 11.8. The average molecular weight is 225 g/mol. The number of hydrazine groups is 1. The highest BCUT2D eigenvalue weighted by atomic mass is 16.6. The Balaban J connectivity index is 1.95. The minimum absolute atomic E-state index is 0.217. The summed E-state index contributed by atoms with van der Waals surface area (Å²) in [6.45, 7) is 7.87. The molecule has 2 N–H and O–H groups in total. The van der Waals surface area contributed by atoms with Gasteiger partial charge in [0.15, 0.2) is 0 Å². The van der Waals surface area contributed by atoms with Crippen LogP contribution in [0.25, 0.3) is 0 Å². The van der Waals surface area contributed by atoms with Crippen LogP contribution in [-0.2, 0) is 4.74 Å². The highest BCUT2D eigenvalue weighted by molar-refractivity contribution is 5.69. The molecule has 0 aliphatic carbocycles.